The zero-order chi connectivity index (χ0) is 21.4. The lowest BCUT2D eigenvalue weighted by Crippen LogP contribution is -2.42. The Kier molecular flexibility index (Phi) is 7.58. The van der Waals surface area contributed by atoms with Crippen molar-refractivity contribution in [1.29, 1.82) is 0 Å². The summed E-state index contributed by atoms with van der Waals surface area (Å²) in [6.45, 7) is 0.441. The third-order valence-corrected chi connectivity index (χ3v) is 4.28. The van der Waals surface area contributed by atoms with Gasteiger partial charge in [0.15, 0.2) is 5.96 Å². The van der Waals surface area contributed by atoms with Crippen LogP contribution in [0, 0.1) is 11.7 Å². The molecule has 2 aromatic rings. The predicted molar refractivity (Wildman–Crippen MR) is 102 cm³/mol. The molecule has 0 saturated carbocycles. The summed E-state index contributed by atoms with van der Waals surface area (Å²) in [5, 5.41) is 5.94. The van der Waals surface area contributed by atoms with Crippen LogP contribution in [-0.2, 0) is 23.9 Å². The number of rotatable bonds is 7. The van der Waals surface area contributed by atoms with E-state index in [0.29, 0.717) is 17.9 Å². The number of hydrogen-bond acceptors (Lipinski definition) is 2. The smallest absolute Gasteiger partial charge is 0.369 e. The molecule has 5 nitrogen and oxygen atoms in total. The summed E-state index contributed by atoms with van der Waals surface area (Å²) in [5.41, 5.74) is 6.14. The van der Waals surface area contributed by atoms with E-state index in [-0.39, 0.29) is 18.9 Å². The summed E-state index contributed by atoms with van der Waals surface area (Å²) >= 11 is 0. The molecule has 29 heavy (non-hydrogen) atoms. The van der Waals surface area contributed by atoms with Crippen molar-refractivity contribution in [2.24, 2.45) is 16.6 Å². The van der Waals surface area contributed by atoms with Crippen LogP contribution in [0.15, 0.2) is 53.5 Å². The highest BCUT2D eigenvalue weighted by Gasteiger charge is 2.29. The Hall–Kier alpha value is -3.10. The molecule has 0 fully saturated rings. The number of hydrogen-bond donors (Lipinski definition) is 3. The molecule has 0 heterocycles. The van der Waals surface area contributed by atoms with Gasteiger partial charge in [0.25, 0.3) is 0 Å². The number of nitrogens with two attached hydrogens (primary N) is 1. The van der Waals surface area contributed by atoms with Crippen LogP contribution >= 0.6 is 0 Å². The topological polar surface area (TPSA) is 79.5 Å². The minimum absolute atomic E-state index is 0.194. The lowest BCUT2D eigenvalue weighted by Gasteiger charge is -2.17. The van der Waals surface area contributed by atoms with E-state index in [1.807, 2.05) is 0 Å². The van der Waals surface area contributed by atoms with Crippen molar-refractivity contribution in [3.63, 3.8) is 0 Å². The first-order chi connectivity index (χ1) is 13.7. The minimum Gasteiger partial charge on any atom is -0.369 e. The van der Waals surface area contributed by atoms with Crippen LogP contribution in [0.1, 0.15) is 16.7 Å². The predicted octanol–water partition coefficient (Wildman–Crippen LogP) is 2.85. The number of aliphatic imine (C=N–C) groups is 1. The highest BCUT2D eigenvalue weighted by molar-refractivity contribution is 5.81. The lowest BCUT2D eigenvalue weighted by atomic mass is 9.98. The van der Waals surface area contributed by atoms with E-state index in [1.54, 1.807) is 12.1 Å². The molecule has 0 aliphatic rings. The summed E-state index contributed by atoms with van der Waals surface area (Å²) in [4.78, 5) is 15.7. The first-order valence-electron chi connectivity index (χ1n) is 8.83. The van der Waals surface area contributed by atoms with Crippen molar-refractivity contribution in [2.45, 2.75) is 19.1 Å². The number of halogens is 4. The molecule has 2 aromatic carbocycles. The number of nitrogens with zero attached hydrogens (tertiary/aromatic N) is 1. The number of nitrogens with one attached hydrogen (secondary N) is 2. The second-order valence-electron chi connectivity index (χ2n) is 6.43. The molecule has 1 amide bonds. The zero-order valence-corrected chi connectivity index (χ0v) is 15.8. The van der Waals surface area contributed by atoms with Crippen LogP contribution in [0.25, 0.3) is 0 Å². The zero-order valence-electron chi connectivity index (χ0n) is 15.8. The quantitative estimate of drug-likeness (QED) is 0.373. The van der Waals surface area contributed by atoms with Gasteiger partial charge >= 0.3 is 6.18 Å². The van der Waals surface area contributed by atoms with E-state index >= 15 is 0 Å². The summed E-state index contributed by atoms with van der Waals surface area (Å²) in [6, 6.07) is 10.6. The number of alkyl halides is 3. The first kappa shape index (κ1) is 22.2. The summed E-state index contributed by atoms with van der Waals surface area (Å²) in [7, 11) is 1.53. The van der Waals surface area contributed by atoms with Gasteiger partial charge in [-0.1, -0.05) is 24.3 Å². The minimum atomic E-state index is -4.38. The Morgan fingerprint density at radius 1 is 1.03 bits per heavy atom. The Bertz CT molecular complexity index is 833. The molecule has 156 valence electrons. The van der Waals surface area contributed by atoms with Crippen LogP contribution < -0.4 is 16.4 Å². The van der Waals surface area contributed by atoms with Gasteiger partial charge in [0, 0.05) is 20.1 Å². The van der Waals surface area contributed by atoms with Gasteiger partial charge in [-0.2, -0.15) is 13.2 Å². The van der Waals surface area contributed by atoms with Crippen LogP contribution in [0.3, 0.4) is 0 Å². The van der Waals surface area contributed by atoms with Gasteiger partial charge in [0.05, 0.1) is 11.5 Å². The van der Waals surface area contributed by atoms with Gasteiger partial charge in [-0.25, -0.2) is 4.39 Å². The Balaban J connectivity index is 1.89. The highest BCUT2D eigenvalue weighted by atomic mass is 19.4. The monoisotopic (exact) mass is 410 g/mol. The average Bonchev–Trinajstić information content (AvgIpc) is 2.68. The van der Waals surface area contributed by atoms with E-state index in [2.05, 4.69) is 15.6 Å². The summed E-state index contributed by atoms with van der Waals surface area (Å²) in [5.74, 6) is -1.06. The van der Waals surface area contributed by atoms with Crippen molar-refractivity contribution in [2.75, 3.05) is 13.6 Å². The molecule has 9 heteroatoms. The molecule has 1 unspecified atom stereocenters. The number of guanidine groups is 1. The van der Waals surface area contributed by atoms with Gasteiger partial charge in [-0.15, -0.1) is 0 Å². The Morgan fingerprint density at radius 2 is 1.62 bits per heavy atom. The van der Waals surface area contributed by atoms with Gasteiger partial charge in [-0.05, 0) is 41.8 Å². The van der Waals surface area contributed by atoms with E-state index in [9.17, 15) is 22.4 Å². The molecule has 2 rings (SSSR count). The third-order valence-electron chi connectivity index (χ3n) is 4.28. The molecule has 0 radical (unpaired) electrons. The Labute approximate surface area is 166 Å². The first-order valence-corrected chi connectivity index (χ1v) is 8.83. The van der Waals surface area contributed by atoms with Crippen LogP contribution in [0.4, 0.5) is 17.6 Å². The van der Waals surface area contributed by atoms with Crippen LogP contribution in [0.5, 0.6) is 0 Å². The van der Waals surface area contributed by atoms with Crippen molar-refractivity contribution in [1.82, 2.24) is 10.6 Å². The number of primary amides is 1. The molecule has 0 bridgehead atoms. The van der Waals surface area contributed by atoms with Gasteiger partial charge < -0.3 is 16.4 Å². The van der Waals surface area contributed by atoms with E-state index in [4.69, 9.17) is 5.73 Å². The third kappa shape index (κ3) is 7.10. The number of carbonyl (C=O) groups is 1. The van der Waals surface area contributed by atoms with Crippen molar-refractivity contribution in [3.05, 3.63) is 71.0 Å². The number of carbonyl (C=O) groups excluding carboxylic acids is 1. The SMILES string of the molecule is CN=C(NCc1ccc(C(F)(F)F)cc1)NCC(Cc1ccc(F)cc1)C(N)=O. The van der Waals surface area contributed by atoms with Crippen molar-refractivity contribution < 1.29 is 22.4 Å². The number of amides is 1. The fourth-order valence-electron chi connectivity index (χ4n) is 2.62. The second kappa shape index (κ2) is 9.90. The molecule has 0 saturated heterocycles. The van der Waals surface area contributed by atoms with E-state index in [1.165, 1.54) is 31.3 Å². The molecule has 4 N–H and O–H groups in total. The van der Waals surface area contributed by atoms with Crippen LogP contribution in [0.2, 0.25) is 0 Å². The highest BCUT2D eigenvalue weighted by Crippen LogP contribution is 2.29. The molecule has 0 aliphatic heterocycles. The summed E-state index contributed by atoms with van der Waals surface area (Å²) in [6.07, 6.45) is -4.05. The van der Waals surface area contributed by atoms with Crippen molar-refractivity contribution in [3.8, 4) is 0 Å². The average molecular weight is 410 g/mol. The maximum absolute atomic E-state index is 13.0. The molecule has 0 aliphatic carbocycles. The fourth-order valence-corrected chi connectivity index (χ4v) is 2.62. The van der Waals surface area contributed by atoms with Gasteiger partial charge in [-0.3, -0.25) is 9.79 Å². The lowest BCUT2D eigenvalue weighted by molar-refractivity contribution is -0.137. The maximum atomic E-state index is 13.0. The van der Waals surface area contributed by atoms with E-state index < -0.39 is 23.6 Å². The van der Waals surface area contributed by atoms with Crippen molar-refractivity contribution >= 4 is 11.9 Å². The van der Waals surface area contributed by atoms with Gasteiger partial charge in [0.1, 0.15) is 5.82 Å². The van der Waals surface area contributed by atoms with Gasteiger partial charge in [0.2, 0.25) is 5.91 Å². The standard InChI is InChI=1S/C20H22F4N4O/c1-26-19(27-11-14-2-6-16(7-3-14)20(22,23)24)28-12-15(18(25)29)10-13-4-8-17(21)9-5-13/h2-9,15H,10-12H2,1H3,(H2,25,29)(H2,26,27,28). The second-order valence-corrected chi connectivity index (χ2v) is 6.43. The normalized spacial score (nSPS) is 13.1. The molecule has 0 spiro atoms. The Morgan fingerprint density at radius 3 is 2.14 bits per heavy atom. The van der Waals surface area contributed by atoms with E-state index in [0.717, 1.165) is 17.7 Å². The summed E-state index contributed by atoms with van der Waals surface area (Å²) < 4.78 is 50.8. The number of benzene rings is 2. The largest absolute Gasteiger partial charge is 0.416 e. The van der Waals surface area contributed by atoms with Crippen LogP contribution in [-0.4, -0.2) is 25.5 Å². The molecule has 1 atom stereocenters. The maximum Gasteiger partial charge on any atom is 0.416 e. The molecular formula is C20H22F4N4O. The fraction of sp³-hybridized carbons (Fsp3) is 0.300. The molecular weight excluding hydrogens is 388 g/mol. The molecule has 0 aromatic heterocycles.